The monoisotopic (exact) mass is 375 g/mol. The van der Waals surface area contributed by atoms with Crippen molar-refractivity contribution in [2.75, 3.05) is 6.61 Å². The van der Waals surface area contributed by atoms with E-state index >= 15 is 0 Å². The fourth-order valence-corrected chi connectivity index (χ4v) is 2.54. The number of carbonyl (C=O) groups is 2. The number of amides is 1. The van der Waals surface area contributed by atoms with E-state index < -0.39 is 23.2 Å². The van der Waals surface area contributed by atoms with Gasteiger partial charge in [0.25, 0.3) is 5.91 Å². The zero-order chi connectivity index (χ0) is 16.8. The Kier molecular flexibility index (Phi) is 6.80. The smallest absolute Gasteiger partial charge is 0.305 e. The van der Waals surface area contributed by atoms with Gasteiger partial charge in [-0.25, -0.2) is 4.39 Å². The summed E-state index contributed by atoms with van der Waals surface area (Å²) in [6, 6.07) is 3.88. The van der Waals surface area contributed by atoms with Gasteiger partial charge in [0, 0.05) is 0 Å². The van der Waals surface area contributed by atoms with Crippen molar-refractivity contribution in [3.63, 3.8) is 0 Å². The van der Waals surface area contributed by atoms with E-state index in [0.29, 0.717) is 23.1 Å². The number of rotatable bonds is 8. The number of carboxylic acid groups (broad SMARTS) is 1. The highest BCUT2D eigenvalue weighted by Crippen LogP contribution is 2.25. The molecule has 0 heterocycles. The van der Waals surface area contributed by atoms with Gasteiger partial charge in [-0.15, -0.1) is 0 Å². The minimum atomic E-state index is -0.966. The number of halogens is 2. The minimum absolute atomic E-state index is 0.147. The Morgan fingerprint density at radius 1 is 1.36 bits per heavy atom. The fourth-order valence-electron chi connectivity index (χ4n) is 2.08. The Bertz CT molecular complexity index is 546. The van der Waals surface area contributed by atoms with Gasteiger partial charge in [-0.1, -0.05) is 13.8 Å². The topological polar surface area (TPSA) is 75.6 Å². The summed E-state index contributed by atoms with van der Waals surface area (Å²) in [6.07, 6.45) is 0.857. The second kappa shape index (κ2) is 8.12. The van der Waals surface area contributed by atoms with Gasteiger partial charge in [0.05, 0.1) is 16.4 Å². The number of hydrogen-bond acceptors (Lipinski definition) is 3. The number of ether oxygens (including phenoxy) is 1. The third-order valence-corrected chi connectivity index (χ3v) is 4.12. The van der Waals surface area contributed by atoms with Crippen molar-refractivity contribution >= 4 is 27.8 Å². The summed E-state index contributed by atoms with van der Waals surface area (Å²) in [7, 11) is 0. The van der Waals surface area contributed by atoms with Crippen LogP contribution >= 0.6 is 15.9 Å². The average Bonchev–Trinajstić information content (AvgIpc) is 2.45. The molecule has 0 atom stereocenters. The van der Waals surface area contributed by atoms with Crippen LogP contribution in [-0.4, -0.2) is 29.1 Å². The molecule has 0 aliphatic carbocycles. The molecule has 1 aromatic carbocycles. The maximum atomic E-state index is 13.0. The Balaban J connectivity index is 2.66. The van der Waals surface area contributed by atoms with E-state index in [2.05, 4.69) is 21.2 Å². The molecular formula is C15H19BrFNO4. The molecule has 5 nitrogen and oxygen atoms in total. The van der Waals surface area contributed by atoms with Gasteiger partial charge < -0.3 is 15.2 Å². The van der Waals surface area contributed by atoms with Crippen molar-refractivity contribution in [2.24, 2.45) is 0 Å². The maximum Gasteiger partial charge on any atom is 0.305 e. The minimum Gasteiger partial charge on any atom is -0.483 e. The Morgan fingerprint density at radius 2 is 2.00 bits per heavy atom. The fraction of sp³-hybridized carbons (Fsp3) is 0.467. The largest absolute Gasteiger partial charge is 0.483 e. The summed E-state index contributed by atoms with van der Waals surface area (Å²) >= 11 is 3.14. The van der Waals surface area contributed by atoms with E-state index in [1.54, 1.807) is 0 Å². The second-order valence-electron chi connectivity index (χ2n) is 4.97. The predicted molar refractivity (Wildman–Crippen MR) is 83.3 cm³/mol. The Labute approximate surface area is 137 Å². The third-order valence-electron chi connectivity index (χ3n) is 3.50. The molecule has 0 saturated heterocycles. The van der Waals surface area contributed by atoms with Gasteiger partial charge in [0.1, 0.15) is 11.6 Å². The highest BCUT2D eigenvalue weighted by atomic mass is 79.9. The molecule has 7 heteroatoms. The van der Waals surface area contributed by atoms with Gasteiger partial charge in [-0.2, -0.15) is 0 Å². The molecule has 1 rings (SSSR count). The average molecular weight is 376 g/mol. The molecule has 0 saturated carbocycles. The van der Waals surface area contributed by atoms with Crippen LogP contribution in [0, 0.1) is 5.82 Å². The highest BCUT2D eigenvalue weighted by molar-refractivity contribution is 9.10. The molecule has 0 aliphatic heterocycles. The zero-order valence-corrected chi connectivity index (χ0v) is 14.1. The summed E-state index contributed by atoms with van der Waals surface area (Å²) in [5.74, 6) is -1.46. The lowest BCUT2D eigenvalue weighted by atomic mass is 9.89. The van der Waals surface area contributed by atoms with Crippen LogP contribution in [-0.2, 0) is 9.59 Å². The number of benzene rings is 1. The molecule has 1 amide bonds. The first-order chi connectivity index (χ1) is 10.3. The summed E-state index contributed by atoms with van der Waals surface area (Å²) in [6.45, 7) is 3.37. The van der Waals surface area contributed by atoms with E-state index in [9.17, 15) is 14.0 Å². The van der Waals surface area contributed by atoms with Crippen LogP contribution in [0.25, 0.3) is 0 Å². The van der Waals surface area contributed by atoms with Crippen LogP contribution in [0.5, 0.6) is 5.75 Å². The quantitative estimate of drug-likeness (QED) is 0.731. The molecule has 0 fully saturated rings. The number of hydrogen-bond donors (Lipinski definition) is 2. The number of nitrogens with one attached hydrogen (secondary N) is 1. The van der Waals surface area contributed by atoms with E-state index in [4.69, 9.17) is 9.84 Å². The Morgan fingerprint density at radius 3 is 2.50 bits per heavy atom. The molecule has 0 bridgehead atoms. The second-order valence-corrected chi connectivity index (χ2v) is 5.82. The Hall–Kier alpha value is -1.63. The van der Waals surface area contributed by atoms with Crippen molar-refractivity contribution in [1.29, 1.82) is 0 Å². The van der Waals surface area contributed by atoms with Crippen LogP contribution in [0.15, 0.2) is 22.7 Å². The van der Waals surface area contributed by atoms with Crippen LogP contribution in [0.3, 0.4) is 0 Å². The number of carbonyl (C=O) groups excluding carboxylic acids is 1. The standard InChI is InChI=1S/C15H19BrFNO4/c1-3-15(4-2,8-14(20)21)18-13(19)9-22-12-6-5-10(17)7-11(12)16/h5-7H,3-4,8-9H2,1-2H3,(H,18,19)(H,20,21). The molecule has 2 N–H and O–H groups in total. The van der Waals surface area contributed by atoms with Gasteiger partial charge in [-0.3, -0.25) is 9.59 Å². The number of aliphatic carboxylic acids is 1. The van der Waals surface area contributed by atoms with Crippen LogP contribution < -0.4 is 10.1 Å². The van der Waals surface area contributed by atoms with Crippen molar-refractivity contribution in [2.45, 2.75) is 38.6 Å². The number of carboxylic acids is 1. The summed E-state index contributed by atoms with van der Waals surface area (Å²) in [5.41, 5.74) is -0.785. The maximum absolute atomic E-state index is 13.0. The molecule has 1 aromatic rings. The molecule has 22 heavy (non-hydrogen) atoms. The summed E-state index contributed by atoms with van der Waals surface area (Å²) < 4.78 is 18.7. The van der Waals surface area contributed by atoms with E-state index in [1.807, 2.05) is 13.8 Å². The van der Waals surface area contributed by atoms with Gasteiger partial charge in [0.2, 0.25) is 0 Å². The normalized spacial score (nSPS) is 11.1. The van der Waals surface area contributed by atoms with E-state index in [1.165, 1.54) is 18.2 Å². The predicted octanol–water partition coefficient (Wildman–Crippen LogP) is 3.12. The van der Waals surface area contributed by atoms with E-state index in [0.717, 1.165) is 0 Å². The lowest BCUT2D eigenvalue weighted by Gasteiger charge is -2.31. The lowest BCUT2D eigenvalue weighted by Crippen LogP contribution is -2.50. The van der Waals surface area contributed by atoms with Crippen molar-refractivity contribution in [3.8, 4) is 5.75 Å². The summed E-state index contributed by atoms with van der Waals surface area (Å²) in [4.78, 5) is 22.9. The first-order valence-electron chi connectivity index (χ1n) is 6.92. The first kappa shape index (κ1) is 18.4. The van der Waals surface area contributed by atoms with Crippen molar-refractivity contribution in [3.05, 3.63) is 28.5 Å². The zero-order valence-electron chi connectivity index (χ0n) is 12.5. The molecule has 122 valence electrons. The first-order valence-corrected chi connectivity index (χ1v) is 7.72. The van der Waals surface area contributed by atoms with Crippen LogP contribution in [0.1, 0.15) is 33.1 Å². The molecule has 0 unspecified atom stereocenters. The molecule has 0 aliphatic rings. The third kappa shape index (κ3) is 5.29. The van der Waals surface area contributed by atoms with Gasteiger partial charge in [0.15, 0.2) is 6.61 Å². The van der Waals surface area contributed by atoms with Gasteiger partial charge in [-0.05, 0) is 47.0 Å². The SMILES string of the molecule is CCC(CC)(CC(=O)O)NC(=O)COc1ccc(F)cc1Br. The molecule has 0 aromatic heterocycles. The molecule has 0 radical (unpaired) electrons. The van der Waals surface area contributed by atoms with Crippen molar-refractivity contribution in [1.82, 2.24) is 5.32 Å². The molecular weight excluding hydrogens is 357 g/mol. The van der Waals surface area contributed by atoms with Crippen LogP contribution in [0.2, 0.25) is 0 Å². The summed E-state index contributed by atoms with van der Waals surface area (Å²) in [5, 5.41) is 11.7. The lowest BCUT2D eigenvalue weighted by molar-refractivity contribution is -0.139. The van der Waals surface area contributed by atoms with Crippen molar-refractivity contribution < 1.29 is 23.8 Å². The molecule has 0 spiro atoms. The highest BCUT2D eigenvalue weighted by Gasteiger charge is 2.31. The van der Waals surface area contributed by atoms with Crippen LogP contribution in [0.4, 0.5) is 4.39 Å². The van der Waals surface area contributed by atoms with Gasteiger partial charge >= 0.3 is 5.97 Å². The van der Waals surface area contributed by atoms with E-state index in [-0.39, 0.29) is 13.0 Å².